The Morgan fingerprint density at radius 1 is 1.15 bits per heavy atom. The van der Waals surface area contributed by atoms with Crippen LogP contribution in [0.4, 0.5) is 0 Å². The van der Waals surface area contributed by atoms with E-state index in [1.165, 1.54) is 19.3 Å². The second-order valence-electron chi connectivity index (χ2n) is 4.74. The smallest absolute Gasteiger partial charge is 0.112 e. The fourth-order valence-corrected chi connectivity index (χ4v) is 6.88. The SMILES string of the molecule is CCC(C)N(C(C)C)[SiH]1CCCC1. The summed E-state index contributed by atoms with van der Waals surface area (Å²) < 4.78 is 2.87. The average molecular weight is 199 g/mol. The van der Waals surface area contributed by atoms with Gasteiger partial charge in [0, 0.05) is 6.04 Å². The van der Waals surface area contributed by atoms with Gasteiger partial charge in [-0.2, -0.15) is 0 Å². The highest BCUT2D eigenvalue weighted by Crippen LogP contribution is 2.26. The summed E-state index contributed by atoms with van der Waals surface area (Å²) in [7, 11) is -0.496. The molecule has 0 aromatic heterocycles. The maximum absolute atomic E-state index is 2.87. The number of nitrogens with zero attached hydrogens (tertiary/aromatic N) is 1. The van der Waals surface area contributed by atoms with Crippen LogP contribution >= 0.6 is 0 Å². The van der Waals surface area contributed by atoms with Crippen LogP contribution in [0.15, 0.2) is 0 Å². The molecule has 2 heteroatoms. The standard InChI is InChI=1S/C11H25NSi/c1-5-11(4)12(10(2)3)13-8-6-7-9-13/h10-11,13H,5-9H2,1-4H3. The molecule has 1 aliphatic heterocycles. The minimum atomic E-state index is -0.496. The van der Waals surface area contributed by atoms with E-state index in [0.29, 0.717) is 0 Å². The van der Waals surface area contributed by atoms with E-state index in [2.05, 4.69) is 32.3 Å². The van der Waals surface area contributed by atoms with Crippen molar-refractivity contribution in [2.24, 2.45) is 0 Å². The third kappa shape index (κ3) is 2.81. The van der Waals surface area contributed by atoms with E-state index in [-0.39, 0.29) is 0 Å². The van der Waals surface area contributed by atoms with E-state index in [1.807, 2.05) is 0 Å². The minimum absolute atomic E-state index is 0.496. The number of hydrogen-bond donors (Lipinski definition) is 0. The molecule has 1 nitrogen and oxygen atoms in total. The zero-order valence-corrected chi connectivity index (χ0v) is 10.9. The maximum Gasteiger partial charge on any atom is 0.112 e. The van der Waals surface area contributed by atoms with Crippen LogP contribution < -0.4 is 0 Å². The molecule has 1 unspecified atom stereocenters. The molecule has 1 saturated heterocycles. The molecule has 0 amide bonds. The van der Waals surface area contributed by atoms with Crippen molar-refractivity contribution >= 4 is 8.96 Å². The van der Waals surface area contributed by atoms with Gasteiger partial charge in [0.05, 0.1) is 0 Å². The van der Waals surface area contributed by atoms with E-state index in [1.54, 1.807) is 12.1 Å². The predicted molar refractivity (Wildman–Crippen MR) is 62.7 cm³/mol. The lowest BCUT2D eigenvalue weighted by atomic mass is 10.2. The lowest BCUT2D eigenvalue weighted by Gasteiger charge is -2.37. The van der Waals surface area contributed by atoms with Gasteiger partial charge in [-0.3, -0.25) is 0 Å². The predicted octanol–water partition coefficient (Wildman–Crippen LogP) is 3.01. The van der Waals surface area contributed by atoms with Gasteiger partial charge in [0.2, 0.25) is 0 Å². The highest BCUT2D eigenvalue weighted by molar-refractivity contribution is 6.56. The summed E-state index contributed by atoms with van der Waals surface area (Å²) in [6.45, 7) is 9.48. The Morgan fingerprint density at radius 3 is 2.08 bits per heavy atom. The van der Waals surface area contributed by atoms with E-state index in [0.717, 1.165) is 12.1 Å². The number of hydrogen-bond acceptors (Lipinski definition) is 1. The van der Waals surface area contributed by atoms with Gasteiger partial charge in [-0.25, -0.2) is 0 Å². The van der Waals surface area contributed by atoms with Gasteiger partial charge in [0.25, 0.3) is 0 Å². The van der Waals surface area contributed by atoms with Gasteiger partial charge in [0.15, 0.2) is 0 Å². The first-order valence-corrected chi connectivity index (χ1v) is 8.09. The van der Waals surface area contributed by atoms with Crippen LogP contribution in [0.2, 0.25) is 12.1 Å². The molecule has 0 aromatic carbocycles. The quantitative estimate of drug-likeness (QED) is 0.629. The van der Waals surface area contributed by atoms with Gasteiger partial charge in [-0.05, 0) is 24.6 Å². The van der Waals surface area contributed by atoms with Crippen LogP contribution in [0, 0.1) is 0 Å². The maximum atomic E-state index is 2.87. The van der Waals surface area contributed by atoms with Crippen molar-refractivity contribution in [1.82, 2.24) is 4.57 Å². The molecule has 1 aliphatic rings. The molecule has 0 aliphatic carbocycles. The van der Waals surface area contributed by atoms with Gasteiger partial charge in [-0.1, -0.05) is 40.5 Å². The molecule has 1 fully saturated rings. The van der Waals surface area contributed by atoms with E-state index < -0.39 is 8.96 Å². The number of rotatable bonds is 4. The van der Waals surface area contributed by atoms with Crippen molar-refractivity contribution in [2.75, 3.05) is 0 Å². The Hall–Kier alpha value is 0.177. The summed E-state index contributed by atoms with van der Waals surface area (Å²) in [5, 5.41) is 0. The molecule has 0 aromatic rings. The first-order chi connectivity index (χ1) is 6.16. The van der Waals surface area contributed by atoms with Crippen molar-refractivity contribution in [3.63, 3.8) is 0 Å². The molecule has 0 spiro atoms. The third-order valence-corrected chi connectivity index (χ3v) is 7.54. The molecule has 78 valence electrons. The van der Waals surface area contributed by atoms with Crippen LogP contribution in [0.5, 0.6) is 0 Å². The Balaban J connectivity index is 2.55. The van der Waals surface area contributed by atoms with Crippen molar-refractivity contribution in [2.45, 2.75) is 71.1 Å². The first kappa shape index (κ1) is 11.3. The summed E-state index contributed by atoms with van der Waals surface area (Å²) in [6.07, 6.45) is 4.34. The van der Waals surface area contributed by atoms with Crippen molar-refractivity contribution < 1.29 is 0 Å². The van der Waals surface area contributed by atoms with Crippen LogP contribution in [-0.2, 0) is 0 Å². The second-order valence-corrected chi connectivity index (χ2v) is 7.80. The minimum Gasteiger partial charge on any atom is -0.322 e. The molecule has 0 bridgehead atoms. The Kier molecular flexibility index (Phi) is 4.46. The van der Waals surface area contributed by atoms with Gasteiger partial charge in [0.1, 0.15) is 8.96 Å². The van der Waals surface area contributed by atoms with Crippen LogP contribution in [0.25, 0.3) is 0 Å². The molecule has 0 N–H and O–H groups in total. The first-order valence-electron chi connectivity index (χ1n) is 5.94. The van der Waals surface area contributed by atoms with E-state index in [9.17, 15) is 0 Å². The Bertz CT molecular complexity index is 141. The van der Waals surface area contributed by atoms with Crippen LogP contribution in [-0.4, -0.2) is 25.6 Å². The van der Waals surface area contributed by atoms with Crippen molar-refractivity contribution in [3.05, 3.63) is 0 Å². The molecular weight excluding hydrogens is 174 g/mol. The van der Waals surface area contributed by atoms with Crippen molar-refractivity contribution in [3.8, 4) is 0 Å². The normalized spacial score (nSPS) is 21.7. The molecular formula is C11H25NSi. The zero-order chi connectivity index (χ0) is 9.84. The van der Waals surface area contributed by atoms with Gasteiger partial charge >= 0.3 is 0 Å². The summed E-state index contributed by atoms with van der Waals surface area (Å²) >= 11 is 0. The van der Waals surface area contributed by atoms with Gasteiger partial charge in [-0.15, -0.1) is 0 Å². The fraction of sp³-hybridized carbons (Fsp3) is 1.00. The van der Waals surface area contributed by atoms with Crippen LogP contribution in [0.1, 0.15) is 47.0 Å². The largest absolute Gasteiger partial charge is 0.322 e. The molecule has 1 atom stereocenters. The third-order valence-electron chi connectivity index (χ3n) is 3.44. The highest BCUT2D eigenvalue weighted by atomic mass is 28.3. The van der Waals surface area contributed by atoms with E-state index >= 15 is 0 Å². The lowest BCUT2D eigenvalue weighted by molar-refractivity contribution is 0.280. The van der Waals surface area contributed by atoms with Crippen molar-refractivity contribution in [1.29, 1.82) is 0 Å². The monoisotopic (exact) mass is 199 g/mol. The zero-order valence-electron chi connectivity index (χ0n) is 9.71. The van der Waals surface area contributed by atoms with Gasteiger partial charge < -0.3 is 4.57 Å². The lowest BCUT2D eigenvalue weighted by Crippen LogP contribution is -2.47. The highest BCUT2D eigenvalue weighted by Gasteiger charge is 2.28. The fourth-order valence-electron chi connectivity index (χ4n) is 2.70. The molecule has 0 saturated carbocycles. The summed E-state index contributed by atoms with van der Waals surface area (Å²) in [5.74, 6) is 0. The summed E-state index contributed by atoms with van der Waals surface area (Å²) in [6, 6.07) is 4.75. The Morgan fingerprint density at radius 2 is 1.69 bits per heavy atom. The average Bonchev–Trinajstić information content (AvgIpc) is 2.56. The summed E-state index contributed by atoms with van der Waals surface area (Å²) in [5.41, 5.74) is 0. The summed E-state index contributed by atoms with van der Waals surface area (Å²) in [4.78, 5) is 0. The van der Waals surface area contributed by atoms with E-state index in [4.69, 9.17) is 0 Å². The molecule has 13 heavy (non-hydrogen) atoms. The topological polar surface area (TPSA) is 3.24 Å². The van der Waals surface area contributed by atoms with Crippen LogP contribution in [0.3, 0.4) is 0 Å². The molecule has 1 heterocycles. The second kappa shape index (κ2) is 5.16. The Labute approximate surface area is 85.2 Å². The molecule has 1 rings (SSSR count). The molecule has 0 radical (unpaired) electrons.